The first-order valence-corrected chi connectivity index (χ1v) is 6.35. The van der Waals surface area contributed by atoms with Gasteiger partial charge in [0.15, 0.2) is 0 Å². The standard InChI is InChI=1S/C12H24N6O/c1-6-19-11-16-9(13)15-10(17-11)14-7-12(2,3)8-18(4)5/h6-8H2,1-5H3,(H3,13,14,15,16,17). The highest BCUT2D eigenvalue weighted by molar-refractivity contribution is 5.32. The van der Waals surface area contributed by atoms with Crippen LogP contribution in [0.4, 0.5) is 11.9 Å². The Bertz CT molecular complexity index is 407. The Labute approximate surface area is 114 Å². The van der Waals surface area contributed by atoms with Crippen molar-refractivity contribution in [3.63, 3.8) is 0 Å². The Balaban J connectivity index is 2.66. The van der Waals surface area contributed by atoms with Gasteiger partial charge >= 0.3 is 6.01 Å². The van der Waals surface area contributed by atoms with E-state index in [9.17, 15) is 0 Å². The molecular weight excluding hydrogens is 244 g/mol. The minimum absolute atomic E-state index is 0.0939. The molecule has 19 heavy (non-hydrogen) atoms. The molecule has 0 aliphatic carbocycles. The molecule has 0 saturated heterocycles. The normalized spacial score (nSPS) is 11.7. The third kappa shape index (κ3) is 5.69. The summed E-state index contributed by atoms with van der Waals surface area (Å²) in [6.45, 7) is 8.41. The van der Waals surface area contributed by atoms with E-state index >= 15 is 0 Å². The smallest absolute Gasteiger partial charge is 0.323 e. The molecule has 1 rings (SSSR count). The molecule has 108 valence electrons. The Morgan fingerprint density at radius 2 is 1.95 bits per heavy atom. The molecule has 0 atom stereocenters. The molecule has 0 spiro atoms. The lowest BCUT2D eigenvalue weighted by Crippen LogP contribution is -2.34. The molecule has 3 N–H and O–H groups in total. The average Bonchev–Trinajstić information content (AvgIpc) is 2.24. The Morgan fingerprint density at radius 1 is 1.26 bits per heavy atom. The molecule has 0 unspecified atom stereocenters. The molecule has 0 radical (unpaired) electrons. The monoisotopic (exact) mass is 268 g/mol. The van der Waals surface area contributed by atoms with Crippen molar-refractivity contribution in [2.45, 2.75) is 20.8 Å². The molecule has 7 heteroatoms. The molecule has 1 aromatic rings. The van der Waals surface area contributed by atoms with Crippen molar-refractivity contribution in [3.8, 4) is 6.01 Å². The van der Waals surface area contributed by atoms with Crippen molar-refractivity contribution in [3.05, 3.63) is 0 Å². The molecule has 0 fully saturated rings. The molecule has 0 amide bonds. The predicted molar refractivity (Wildman–Crippen MR) is 76.2 cm³/mol. The second-order valence-electron chi connectivity index (χ2n) is 5.49. The number of nitrogens with zero attached hydrogens (tertiary/aromatic N) is 4. The zero-order chi connectivity index (χ0) is 14.5. The summed E-state index contributed by atoms with van der Waals surface area (Å²) in [5.74, 6) is 0.606. The van der Waals surface area contributed by atoms with Gasteiger partial charge in [0.1, 0.15) is 0 Å². The molecule has 0 bridgehead atoms. The van der Waals surface area contributed by atoms with E-state index in [2.05, 4.69) is 53.1 Å². The van der Waals surface area contributed by atoms with Crippen LogP contribution in [0.2, 0.25) is 0 Å². The van der Waals surface area contributed by atoms with E-state index in [-0.39, 0.29) is 17.4 Å². The zero-order valence-corrected chi connectivity index (χ0v) is 12.4. The molecule has 7 nitrogen and oxygen atoms in total. The average molecular weight is 268 g/mol. The number of nitrogens with two attached hydrogens (primary N) is 1. The van der Waals surface area contributed by atoms with Crippen LogP contribution < -0.4 is 15.8 Å². The van der Waals surface area contributed by atoms with Gasteiger partial charge in [-0.15, -0.1) is 0 Å². The van der Waals surface area contributed by atoms with Crippen molar-refractivity contribution in [2.24, 2.45) is 5.41 Å². The van der Waals surface area contributed by atoms with Gasteiger partial charge in [0, 0.05) is 13.1 Å². The lowest BCUT2D eigenvalue weighted by Gasteiger charge is -2.28. The zero-order valence-electron chi connectivity index (χ0n) is 12.4. The number of aromatic nitrogens is 3. The number of hydrogen-bond donors (Lipinski definition) is 2. The summed E-state index contributed by atoms with van der Waals surface area (Å²) in [6.07, 6.45) is 0. The van der Waals surface area contributed by atoms with E-state index in [0.29, 0.717) is 12.6 Å². The number of hydrogen-bond acceptors (Lipinski definition) is 7. The lowest BCUT2D eigenvalue weighted by molar-refractivity contribution is 0.253. The van der Waals surface area contributed by atoms with Gasteiger partial charge in [0.05, 0.1) is 6.61 Å². The van der Waals surface area contributed by atoms with E-state index in [4.69, 9.17) is 10.5 Å². The largest absolute Gasteiger partial charge is 0.464 e. The van der Waals surface area contributed by atoms with Crippen LogP contribution in [0.3, 0.4) is 0 Å². The quantitative estimate of drug-likeness (QED) is 0.757. The van der Waals surface area contributed by atoms with Gasteiger partial charge in [0.25, 0.3) is 0 Å². The van der Waals surface area contributed by atoms with Crippen LogP contribution in [0.25, 0.3) is 0 Å². The van der Waals surface area contributed by atoms with Crippen molar-refractivity contribution in [2.75, 3.05) is 44.8 Å². The summed E-state index contributed by atoms with van der Waals surface area (Å²) in [6, 6.07) is 0.253. The highest BCUT2D eigenvalue weighted by Gasteiger charge is 2.19. The first kappa shape index (κ1) is 15.4. The van der Waals surface area contributed by atoms with Crippen molar-refractivity contribution >= 4 is 11.9 Å². The lowest BCUT2D eigenvalue weighted by atomic mass is 9.93. The minimum Gasteiger partial charge on any atom is -0.464 e. The number of nitrogens with one attached hydrogen (secondary N) is 1. The van der Waals surface area contributed by atoms with Gasteiger partial charge in [-0.25, -0.2) is 0 Å². The first-order valence-electron chi connectivity index (χ1n) is 6.35. The van der Waals surface area contributed by atoms with Crippen LogP contribution in [0.15, 0.2) is 0 Å². The van der Waals surface area contributed by atoms with Crippen molar-refractivity contribution in [1.82, 2.24) is 19.9 Å². The predicted octanol–water partition coefficient (Wildman–Crippen LogP) is 0.852. The second kappa shape index (κ2) is 6.51. The van der Waals surface area contributed by atoms with Gasteiger partial charge in [0.2, 0.25) is 11.9 Å². The molecule has 1 aromatic heterocycles. The van der Waals surface area contributed by atoms with Crippen LogP contribution in [-0.2, 0) is 0 Å². The molecule has 0 saturated carbocycles. The summed E-state index contributed by atoms with van der Waals surface area (Å²) in [7, 11) is 4.10. The van der Waals surface area contributed by atoms with E-state index in [1.165, 1.54) is 0 Å². The Hall–Kier alpha value is -1.63. The summed E-state index contributed by atoms with van der Waals surface area (Å²) in [4.78, 5) is 14.3. The number of anilines is 2. The molecular formula is C12H24N6O. The number of rotatable bonds is 7. The fraction of sp³-hybridized carbons (Fsp3) is 0.750. The Morgan fingerprint density at radius 3 is 2.53 bits per heavy atom. The van der Waals surface area contributed by atoms with Gasteiger partial charge in [-0.3, -0.25) is 0 Å². The van der Waals surface area contributed by atoms with E-state index < -0.39 is 0 Å². The molecule has 1 heterocycles. The molecule has 0 aliphatic rings. The number of nitrogen functional groups attached to an aromatic ring is 1. The third-order valence-corrected chi connectivity index (χ3v) is 2.37. The van der Waals surface area contributed by atoms with E-state index in [1.807, 2.05) is 6.92 Å². The van der Waals surface area contributed by atoms with Crippen LogP contribution in [0, 0.1) is 5.41 Å². The fourth-order valence-corrected chi connectivity index (χ4v) is 1.88. The van der Waals surface area contributed by atoms with Crippen LogP contribution in [-0.4, -0.2) is 53.6 Å². The van der Waals surface area contributed by atoms with Crippen LogP contribution in [0.5, 0.6) is 6.01 Å². The Kier molecular flexibility index (Phi) is 5.29. The summed E-state index contributed by atoms with van der Waals surface area (Å²) >= 11 is 0. The minimum atomic E-state index is 0.0939. The van der Waals surface area contributed by atoms with Crippen LogP contribution >= 0.6 is 0 Å². The molecule has 0 aromatic carbocycles. The SMILES string of the molecule is CCOc1nc(N)nc(NCC(C)(C)CN(C)C)n1. The van der Waals surface area contributed by atoms with Gasteiger partial charge in [-0.2, -0.15) is 15.0 Å². The topological polar surface area (TPSA) is 89.2 Å². The maximum Gasteiger partial charge on any atom is 0.323 e. The maximum absolute atomic E-state index is 5.62. The summed E-state index contributed by atoms with van der Waals surface area (Å²) in [5, 5.41) is 3.18. The highest BCUT2D eigenvalue weighted by atomic mass is 16.5. The van der Waals surface area contributed by atoms with E-state index in [1.54, 1.807) is 0 Å². The van der Waals surface area contributed by atoms with Gasteiger partial charge in [-0.05, 0) is 26.4 Å². The maximum atomic E-state index is 5.62. The summed E-state index contributed by atoms with van der Waals surface area (Å²) < 4.78 is 5.23. The van der Waals surface area contributed by atoms with Gasteiger partial charge in [-0.1, -0.05) is 13.8 Å². The van der Waals surface area contributed by atoms with Crippen LogP contribution in [0.1, 0.15) is 20.8 Å². The first-order chi connectivity index (χ1) is 8.82. The fourth-order valence-electron chi connectivity index (χ4n) is 1.88. The highest BCUT2D eigenvalue weighted by Crippen LogP contribution is 2.17. The number of ether oxygens (including phenoxy) is 1. The van der Waals surface area contributed by atoms with E-state index in [0.717, 1.165) is 13.1 Å². The van der Waals surface area contributed by atoms with Gasteiger partial charge < -0.3 is 20.7 Å². The summed E-state index contributed by atoms with van der Waals surface area (Å²) in [5.41, 5.74) is 5.71. The van der Waals surface area contributed by atoms with Crippen molar-refractivity contribution < 1.29 is 4.74 Å². The third-order valence-electron chi connectivity index (χ3n) is 2.37. The molecule has 0 aliphatic heterocycles. The second-order valence-corrected chi connectivity index (χ2v) is 5.49. The van der Waals surface area contributed by atoms with Crippen molar-refractivity contribution in [1.29, 1.82) is 0 Å².